The molecular weight excluding hydrogens is 214 g/mol. The third-order valence-corrected chi connectivity index (χ3v) is 3.05. The molecule has 0 aliphatic rings. The van der Waals surface area contributed by atoms with Crippen LogP contribution >= 0.6 is 0 Å². The predicted octanol–water partition coefficient (Wildman–Crippen LogP) is 1.35. The summed E-state index contributed by atoms with van der Waals surface area (Å²) in [5, 5.41) is 2.89. The Morgan fingerprint density at radius 1 is 1.35 bits per heavy atom. The first kappa shape index (κ1) is 16.4. The van der Waals surface area contributed by atoms with Crippen molar-refractivity contribution in [3.8, 4) is 0 Å². The minimum absolute atomic E-state index is 0.0101. The number of carbonyl (C=O) groups is 1. The highest BCUT2D eigenvalue weighted by molar-refractivity contribution is 5.81. The molecule has 0 saturated heterocycles. The number of nitrogens with two attached hydrogens (primary N) is 1. The van der Waals surface area contributed by atoms with Crippen LogP contribution in [0.15, 0.2) is 0 Å². The first-order chi connectivity index (χ1) is 7.99. The van der Waals surface area contributed by atoms with Crippen LogP contribution in [0.2, 0.25) is 0 Å². The predicted molar refractivity (Wildman–Crippen MR) is 72.9 cm³/mol. The maximum absolute atomic E-state index is 11.5. The first-order valence-electron chi connectivity index (χ1n) is 6.72. The van der Waals surface area contributed by atoms with Crippen LogP contribution in [0.25, 0.3) is 0 Å². The van der Waals surface area contributed by atoms with E-state index in [2.05, 4.69) is 31.1 Å². The summed E-state index contributed by atoms with van der Waals surface area (Å²) in [6.07, 6.45) is 3.84. The maximum atomic E-state index is 11.5. The third-order valence-electron chi connectivity index (χ3n) is 3.05. The van der Waals surface area contributed by atoms with Crippen molar-refractivity contribution in [2.75, 3.05) is 20.1 Å². The summed E-state index contributed by atoms with van der Waals surface area (Å²) in [4.78, 5) is 13.8. The minimum Gasteiger partial charge on any atom is -0.355 e. The molecule has 0 saturated carbocycles. The van der Waals surface area contributed by atoms with Gasteiger partial charge in [-0.2, -0.15) is 0 Å². The lowest BCUT2D eigenvalue weighted by atomic mass is 10.1. The molecule has 0 spiro atoms. The molecule has 0 aliphatic carbocycles. The van der Waals surface area contributed by atoms with E-state index in [-0.39, 0.29) is 11.9 Å². The zero-order valence-electron chi connectivity index (χ0n) is 11.8. The van der Waals surface area contributed by atoms with E-state index in [9.17, 15) is 4.79 Å². The summed E-state index contributed by atoms with van der Waals surface area (Å²) < 4.78 is 0. The number of amides is 1. The number of nitrogens with one attached hydrogen (secondary N) is 1. The Labute approximate surface area is 106 Å². The Morgan fingerprint density at radius 2 is 2.00 bits per heavy atom. The second-order valence-corrected chi connectivity index (χ2v) is 4.97. The molecule has 1 atom stereocenters. The van der Waals surface area contributed by atoms with Gasteiger partial charge in [0.2, 0.25) is 5.91 Å². The zero-order valence-corrected chi connectivity index (χ0v) is 11.8. The van der Waals surface area contributed by atoms with Crippen LogP contribution in [0.3, 0.4) is 0 Å². The summed E-state index contributed by atoms with van der Waals surface area (Å²) >= 11 is 0. The largest absolute Gasteiger partial charge is 0.355 e. The normalized spacial score (nSPS) is 13.1. The number of nitrogens with zero attached hydrogens (tertiary/aromatic N) is 1. The maximum Gasteiger partial charge on any atom is 0.236 e. The van der Waals surface area contributed by atoms with Crippen LogP contribution in [-0.4, -0.2) is 43.0 Å². The van der Waals surface area contributed by atoms with Crippen molar-refractivity contribution in [2.24, 2.45) is 5.73 Å². The van der Waals surface area contributed by atoms with E-state index in [1.54, 1.807) is 0 Å². The average Bonchev–Trinajstić information content (AvgIpc) is 2.28. The monoisotopic (exact) mass is 243 g/mol. The highest BCUT2D eigenvalue weighted by atomic mass is 16.2. The van der Waals surface area contributed by atoms with Gasteiger partial charge in [-0.25, -0.2) is 0 Å². The van der Waals surface area contributed by atoms with Crippen LogP contribution in [-0.2, 0) is 4.79 Å². The Morgan fingerprint density at radius 3 is 2.53 bits per heavy atom. The fourth-order valence-corrected chi connectivity index (χ4v) is 1.53. The number of rotatable bonds is 9. The summed E-state index contributed by atoms with van der Waals surface area (Å²) in [7, 11) is 2.13. The molecule has 0 heterocycles. The molecule has 1 amide bonds. The van der Waals surface area contributed by atoms with Crippen molar-refractivity contribution < 1.29 is 4.79 Å². The molecule has 0 aliphatic heterocycles. The molecule has 102 valence electrons. The lowest BCUT2D eigenvalue weighted by molar-refractivity contribution is -0.122. The molecule has 4 heteroatoms. The van der Waals surface area contributed by atoms with Gasteiger partial charge in [-0.05, 0) is 46.7 Å². The zero-order chi connectivity index (χ0) is 13.3. The molecule has 0 radical (unpaired) electrons. The molecule has 0 bridgehead atoms. The average molecular weight is 243 g/mol. The van der Waals surface area contributed by atoms with Crippen molar-refractivity contribution in [3.05, 3.63) is 0 Å². The topological polar surface area (TPSA) is 58.4 Å². The molecule has 0 aromatic carbocycles. The van der Waals surface area contributed by atoms with Gasteiger partial charge in [0.15, 0.2) is 0 Å². The summed E-state index contributed by atoms with van der Waals surface area (Å²) in [6.45, 7) is 8.22. The summed E-state index contributed by atoms with van der Waals surface area (Å²) in [5.41, 5.74) is 5.71. The van der Waals surface area contributed by atoms with E-state index in [1.165, 1.54) is 0 Å². The van der Waals surface area contributed by atoms with E-state index >= 15 is 0 Å². The molecule has 3 N–H and O–H groups in total. The summed E-state index contributed by atoms with van der Waals surface area (Å²) in [5.74, 6) is -0.0101. The fraction of sp³-hybridized carbons (Fsp3) is 0.923. The molecular formula is C13H29N3O. The molecule has 17 heavy (non-hydrogen) atoms. The summed E-state index contributed by atoms with van der Waals surface area (Å²) in [6, 6.07) is 0.251. The third kappa shape index (κ3) is 8.16. The second kappa shape index (κ2) is 9.42. The molecule has 4 nitrogen and oxygen atoms in total. The Balaban J connectivity index is 3.48. The van der Waals surface area contributed by atoms with Crippen LogP contribution in [0.4, 0.5) is 0 Å². The van der Waals surface area contributed by atoms with E-state index in [0.29, 0.717) is 6.04 Å². The van der Waals surface area contributed by atoms with Crippen LogP contribution < -0.4 is 11.1 Å². The SMILES string of the molecule is CCC[C@H](N)C(=O)NCCCCN(C)C(C)C. The highest BCUT2D eigenvalue weighted by Gasteiger charge is 2.10. The van der Waals surface area contributed by atoms with Gasteiger partial charge in [-0.3, -0.25) is 4.79 Å². The van der Waals surface area contributed by atoms with Gasteiger partial charge >= 0.3 is 0 Å². The van der Waals surface area contributed by atoms with Crippen molar-refractivity contribution in [3.63, 3.8) is 0 Å². The van der Waals surface area contributed by atoms with Gasteiger partial charge < -0.3 is 16.0 Å². The van der Waals surface area contributed by atoms with Gasteiger partial charge in [0, 0.05) is 12.6 Å². The second-order valence-electron chi connectivity index (χ2n) is 4.97. The Kier molecular flexibility index (Phi) is 9.09. The van der Waals surface area contributed by atoms with Gasteiger partial charge in [0.1, 0.15) is 0 Å². The quantitative estimate of drug-likeness (QED) is 0.601. The van der Waals surface area contributed by atoms with Crippen molar-refractivity contribution in [2.45, 2.75) is 58.5 Å². The lowest BCUT2D eigenvalue weighted by Gasteiger charge is -2.20. The molecule has 0 aromatic rings. The van der Waals surface area contributed by atoms with Crippen LogP contribution in [0, 0.1) is 0 Å². The molecule has 0 rings (SSSR count). The van der Waals surface area contributed by atoms with E-state index in [0.717, 1.165) is 38.8 Å². The van der Waals surface area contributed by atoms with Crippen LogP contribution in [0.1, 0.15) is 46.5 Å². The smallest absolute Gasteiger partial charge is 0.236 e. The van der Waals surface area contributed by atoms with Gasteiger partial charge in [-0.15, -0.1) is 0 Å². The van der Waals surface area contributed by atoms with Crippen molar-refractivity contribution in [1.82, 2.24) is 10.2 Å². The number of hydrogen-bond donors (Lipinski definition) is 2. The van der Waals surface area contributed by atoms with Gasteiger partial charge in [0.25, 0.3) is 0 Å². The van der Waals surface area contributed by atoms with Crippen LogP contribution in [0.5, 0.6) is 0 Å². The number of carbonyl (C=O) groups excluding carboxylic acids is 1. The van der Waals surface area contributed by atoms with Crippen molar-refractivity contribution in [1.29, 1.82) is 0 Å². The molecule has 0 aromatic heterocycles. The van der Waals surface area contributed by atoms with Crippen molar-refractivity contribution >= 4 is 5.91 Å². The first-order valence-corrected chi connectivity index (χ1v) is 6.72. The lowest BCUT2D eigenvalue weighted by Crippen LogP contribution is -2.40. The Bertz CT molecular complexity index is 207. The number of unbranched alkanes of at least 4 members (excludes halogenated alkanes) is 1. The molecule has 0 unspecified atom stereocenters. The highest BCUT2D eigenvalue weighted by Crippen LogP contribution is 1.98. The van der Waals surface area contributed by atoms with E-state index in [4.69, 9.17) is 5.73 Å². The number of hydrogen-bond acceptors (Lipinski definition) is 3. The minimum atomic E-state index is -0.335. The van der Waals surface area contributed by atoms with E-state index < -0.39 is 0 Å². The van der Waals surface area contributed by atoms with Gasteiger partial charge in [0.05, 0.1) is 6.04 Å². The molecule has 0 fully saturated rings. The standard InChI is InChI=1S/C13H29N3O/c1-5-8-12(14)13(17)15-9-6-7-10-16(4)11(2)3/h11-12H,5-10,14H2,1-4H3,(H,15,17)/t12-/m0/s1. The van der Waals surface area contributed by atoms with Gasteiger partial charge in [-0.1, -0.05) is 13.3 Å². The fourth-order valence-electron chi connectivity index (χ4n) is 1.53. The van der Waals surface area contributed by atoms with E-state index in [1.807, 2.05) is 6.92 Å². The Hall–Kier alpha value is -0.610.